The molecule has 0 bridgehead atoms. The van der Waals surface area contributed by atoms with Crippen LogP contribution in [0.15, 0.2) is 0 Å². The van der Waals surface area contributed by atoms with Crippen LogP contribution in [0.3, 0.4) is 0 Å². The summed E-state index contributed by atoms with van der Waals surface area (Å²) in [4.78, 5) is 0. The lowest BCUT2D eigenvalue weighted by Crippen LogP contribution is -1.24. The van der Waals surface area contributed by atoms with Crippen LogP contribution in [0.2, 0.25) is 0 Å². The van der Waals surface area contributed by atoms with Gasteiger partial charge in [-0.15, -0.1) is 22.3 Å². The predicted octanol–water partition coefficient (Wildman–Crippen LogP) is 0.761. The van der Waals surface area contributed by atoms with E-state index in [2.05, 4.69) is 11.7 Å². The minimum Gasteiger partial charge on any atom is -0.145 e. The molecule has 0 N–H and O–H groups in total. The predicted molar refractivity (Wildman–Crippen MR) is 32.7 cm³/mol. The molecule has 0 nitrogen and oxygen atoms in total. The molecule has 0 saturated heterocycles. The molecule has 0 radical (unpaired) electrons. The lowest BCUT2D eigenvalue weighted by Gasteiger charge is -1.68. The number of rotatable bonds is 1. The zero-order chi connectivity index (χ0) is 3.41. The van der Waals surface area contributed by atoms with Gasteiger partial charge in [0.25, 0.3) is 0 Å². The van der Waals surface area contributed by atoms with Crippen LogP contribution < -0.4 is 0 Å². The molecule has 0 aliphatic rings. The molecule has 0 unspecified atom stereocenters. The number of hydrogen-bond acceptors (Lipinski definition) is 3. The van der Waals surface area contributed by atoms with Crippen molar-refractivity contribution in [2.24, 2.45) is 0 Å². The van der Waals surface area contributed by atoms with Crippen LogP contribution in [0.25, 0.3) is 0 Å². The summed E-state index contributed by atoms with van der Waals surface area (Å²) in [5.74, 6) is 0. The largest absolute Gasteiger partial charge is 0.189 e. The molecule has 0 amide bonds. The summed E-state index contributed by atoms with van der Waals surface area (Å²) in [6.07, 6.45) is 0. The Morgan fingerprint density at radius 2 is 2.00 bits per heavy atom. The highest BCUT2D eigenvalue weighted by Crippen LogP contribution is 2.18. The van der Waals surface area contributed by atoms with Crippen molar-refractivity contribution < 1.29 is 0 Å². The number of thiol groups is 1. The summed E-state index contributed by atoms with van der Waals surface area (Å²) in [7, 11) is 5.09. The van der Waals surface area contributed by atoms with E-state index >= 15 is 0 Å². The quantitative estimate of drug-likeness (QED) is 0.300. The molecule has 0 aromatic carbocycles. The fourth-order valence-corrected chi connectivity index (χ4v) is 0. The maximum absolute atomic E-state index is 3.80. The molecule has 0 heterocycles. The van der Waals surface area contributed by atoms with Gasteiger partial charge in [0, 0.05) is 0 Å². The first-order valence-electron chi connectivity index (χ1n) is 0.757. The highest BCUT2D eigenvalue weighted by molar-refractivity contribution is 9.09. The molecule has 0 rings (SSSR count). The number of hydrogen-bond donors (Lipinski definition) is 1. The summed E-state index contributed by atoms with van der Waals surface area (Å²) >= 11 is 3.80. The van der Waals surface area contributed by atoms with Crippen LogP contribution in [0.4, 0.5) is 0 Å². The fraction of sp³-hybridized carbons (Fsp3) is 0. The maximum atomic E-state index is 3.80. The van der Waals surface area contributed by atoms with Crippen LogP contribution in [0, 0.1) is 0 Å². The molecule has 0 aliphatic heterocycles. The first-order valence-corrected chi connectivity index (χ1v) is 4.37. The summed E-state index contributed by atoms with van der Waals surface area (Å²) in [6, 6.07) is 0. The van der Waals surface area contributed by atoms with Gasteiger partial charge < -0.3 is 0 Å². The molecular weight excluding hydrogens is 107 g/mol. The molecule has 0 aromatic heterocycles. The van der Waals surface area contributed by atoms with Gasteiger partial charge in [-0.25, -0.2) is 0 Å². The van der Waals surface area contributed by atoms with Crippen molar-refractivity contribution in [2.75, 3.05) is 0 Å². The minimum atomic E-state index is 1.47. The van der Waals surface area contributed by atoms with Crippen molar-refractivity contribution in [1.82, 2.24) is 0 Å². The van der Waals surface area contributed by atoms with E-state index in [-0.39, 0.29) is 0 Å². The molecule has 0 atom stereocenters. The lowest BCUT2D eigenvalue weighted by molar-refractivity contribution is 5.22. The Labute approximate surface area is 39.6 Å². The molecule has 0 fully saturated rings. The highest BCUT2D eigenvalue weighted by Gasteiger charge is 1.57. The normalized spacial score (nSPS) is 7.25. The van der Waals surface area contributed by atoms with E-state index in [1.807, 2.05) is 7.12 Å². The molecule has 0 aromatic rings. The SMILES string of the molecule is BSSS. The Bertz CT molecular complexity index is 5.25. The Kier molecular flexibility index (Phi) is 5.26. The Morgan fingerprint density at radius 3 is 2.00 bits per heavy atom. The first-order chi connectivity index (χ1) is 1.91. The van der Waals surface area contributed by atoms with Crippen LogP contribution >= 0.6 is 32.1 Å². The third-order valence-electron chi connectivity index (χ3n) is 0.0745. The van der Waals surface area contributed by atoms with E-state index in [0.29, 0.717) is 0 Å². The second-order valence-corrected chi connectivity index (χ2v) is 3.51. The van der Waals surface area contributed by atoms with E-state index in [4.69, 9.17) is 0 Å². The second-order valence-electron chi connectivity index (χ2n) is 0.241. The van der Waals surface area contributed by atoms with Crippen molar-refractivity contribution in [1.29, 1.82) is 0 Å². The van der Waals surface area contributed by atoms with Crippen molar-refractivity contribution >= 4 is 39.3 Å². The highest BCUT2D eigenvalue weighted by atomic mass is 33.5. The van der Waals surface area contributed by atoms with Crippen LogP contribution in [0.1, 0.15) is 0 Å². The minimum absolute atomic E-state index is 1.47. The first kappa shape index (κ1) is 5.11. The molecular formula is H3BS3. The van der Waals surface area contributed by atoms with Crippen molar-refractivity contribution in [3.05, 3.63) is 0 Å². The van der Waals surface area contributed by atoms with Crippen LogP contribution in [-0.4, -0.2) is 7.12 Å². The summed E-state index contributed by atoms with van der Waals surface area (Å²) < 4.78 is 0. The fourth-order valence-electron chi connectivity index (χ4n) is 0. The van der Waals surface area contributed by atoms with Crippen molar-refractivity contribution in [2.45, 2.75) is 0 Å². The Balaban J connectivity index is 1.97. The summed E-state index contributed by atoms with van der Waals surface area (Å²) in [5, 5.41) is 0. The Hall–Kier alpha value is 1.11. The van der Waals surface area contributed by atoms with Gasteiger partial charge in [-0.1, -0.05) is 0 Å². The lowest BCUT2D eigenvalue weighted by atomic mass is 10.8. The van der Waals surface area contributed by atoms with Gasteiger partial charge in [-0.05, 0) is 9.83 Å². The zero-order valence-electron chi connectivity index (χ0n) is 2.26. The van der Waals surface area contributed by atoms with Gasteiger partial charge in [0.15, 0.2) is 7.12 Å². The van der Waals surface area contributed by atoms with Crippen molar-refractivity contribution in [3.8, 4) is 0 Å². The topological polar surface area (TPSA) is 0 Å². The smallest absolute Gasteiger partial charge is 0.145 e. The summed E-state index contributed by atoms with van der Waals surface area (Å²) in [6.45, 7) is 0. The third-order valence-corrected chi connectivity index (χ3v) is 2.01. The summed E-state index contributed by atoms with van der Waals surface area (Å²) in [5.41, 5.74) is 0. The van der Waals surface area contributed by atoms with E-state index in [9.17, 15) is 0 Å². The van der Waals surface area contributed by atoms with E-state index < -0.39 is 0 Å². The van der Waals surface area contributed by atoms with E-state index in [1.165, 1.54) is 9.83 Å². The van der Waals surface area contributed by atoms with Gasteiger partial charge in [-0.2, -0.15) is 0 Å². The van der Waals surface area contributed by atoms with Gasteiger partial charge in [0.2, 0.25) is 0 Å². The van der Waals surface area contributed by atoms with Gasteiger partial charge in [-0.3, -0.25) is 0 Å². The van der Waals surface area contributed by atoms with Crippen LogP contribution in [0.5, 0.6) is 0 Å². The maximum Gasteiger partial charge on any atom is 0.189 e. The Morgan fingerprint density at radius 1 is 1.75 bits per heavy atom. The molecule has 24 valence electrons. The van der Waals surface area contributed by atoms with E-state index in [1.54, 1.807) is 10.6 Å². The average Bonchev–Trinajstić information content (AvgIpc) is 1.37. The second kappa shape index (κ2) is 4.11. The van der Waals surface area contributed by atoms with Crippen LogP contribution in [-0.2, 0) is 0 Å². The standard InChI is InChI=1S/BH3S3/c1-3-4-2/h2H,1H2. The monoisotopic (exact) mass is 110 g/mol. The molecule has 0 saturated carbocycles. The average molecular weight is 110 g/mol. The van der Waals surface area contributed by atoms with Gasteiger partial charge in [0.1, 0.15) is 0 Å². The molecule has 0 aliphatic carbocycles. The molecule has 4 heteroatoms. The third kappa shape index (κ3) is 3.11. The van der Waals surface area contributed by atoms with E-state index in [0.717, 1.165) is 0 Å². The van der Waals surface area contributed by atoms with Gasteiger partial charge >= 0.3 is 0 Å². The van der Waals surface area contributed by atoms with Crippen molar-refractivity contribution in [3.63, 3.8) is 0 Å². The molecule has 0 spiro atoms. The van der Waals surface area contributed by atoms with Gasteiger partial charge in [0.05, 0.1) is 0 Å². The molecule has 4 heavy (non-hydrogen) atoms. The zero-order valence-corrected chi connectivity index (χ0v) is 4.79.